The standard InChI is InChI=1S/C33H37FN4O3/c1-22-9-10-24(35-19-22)21-41-26-12-14-30-31(18-26)38(32(36-30)27-7-3-4-8-28(27)33(39)40)20-23-17-25(11-13-29(23)34)37-15-5-2-6-16-37/h9-14,17-19,27-28H,2-8,15-16,20-21H2,1H3,(H,39,40)/t27-,28+/m1/s1. The van der Waals surface area contributed by atoms with Crippen LogP contribution in [0.1, 0.15) is 73.5 Å². The number of pyridine rings is 1. The van der Waals surface area contributed by atoms with E-state index in [1.165, 1.54) is 6.42 Å². The highest BCUT2D eigenvalue weighted by Gasteiger charge is 2.35. The number of anilines is 1. The molecular formula is C33H37FN4O3. The molecule has 0 unspecified atom stereocenters. The number of carbonyl (C=O) groups is 1. The Labute approximate surface area is 240 Å². The number of fused-ring (bicyclic) bond motifs is 1. The molecule has 1 aliphatic carbocycles. The third-order valence-electron chi connectivity index (χ3n) is 8.60. The number of hydrogen-bond donors (Lipinski definition) is 1. The SMILES string of the molecule is Cc1ccc(COc2ccc3nc([C@@H]4CCCC[C@@H]4C(=O)O)n(Cc4cc(N5CCCCC5)ccc4F)c3c2)nc1. The predicted octanol–water partition coefficient (Wildman–Crippen LogP) is 6.85. The van der Waals surface area contributed by atoms with E-state index in [4.69, 9.17) is 9.72 Å². The Hall–Kier alpha value is -3.94. The zero-order valence-corrected chi connectivity index (χ0v) is 23.6. The molecule has 2 fully saturated rings. The first kappa shape index (κ1) is 27.2. The molecule has 1 N–H and O–H groups in total. The van der Waals surface area contributed by atoms with Gasteiger partial charge in [-0.1, -0.05) is 18.9 Å². The molecule has 3 heterocycles. The molecule has 2 aromatic heterocycles. The van der Waals surface area contributed by atoms with E-state index in [9.17, 15) is 9.90 Å². The van der Waals surface area contributed by atoms with Gasteiger partial charge in [0.2, 0.25) is 0 Å². The van der Waals surface area contributed by atoms with E-state index < -0.39 is 11.9 Å². The summed E-state index contributed by atoms with van der Waals surface area (Å²) in [5.41, 5.74) is 5.09. The molecule has 1 saturated carbocycles. The van der Waals surface area contributed by atoms with Crippen molar-refractivity contribution in [1.82, 2.24) is 14.5 Å². The number of carboxylic acid groups (broad SMARTS) is 1. The van der Waals surface area contributed by atoms with Gasteiger partial charge < -0.3 is 19.3 Å². The summed E-state index contributed by atoms with van der Waals surface area (Å²) >= 11 is 0. The van der Waals surface area contributed by atoms with E-state index in [0.29, 0.717) is 30.2 Å². The summed E-state index contributed by atoms with van der Waals surface area (Å²) in [6.45, 7) is 4.54. The van der Waals surface area contributed by atoms with Crippen LogP contribution in [0.15, 0.2) is 54.7 Å². The van der Waals surface area contributed by atoms with Gasteiger partial charge in [0.05, 0.1) is 29.2 Å². The highest BCUT2D eigenvalue weighted by atomic mass is 19.1. The molecule has 1 aliphatic heterocycles. The number of piperidine rings is 1. The van der Waals surface area contributed by atoms with Crippen molar-refractivity contribution >= 4 is 22.7 Å². The molecule has 0 amide bonds. The summed E-state index contributed by atoms with van der Waals surface area (Å²) in [4.78, 5) is 24.0. The molecule has 7 nitrogen and oxygen atoms in total. The molecule has 1 saturated heterocycles. The smallest absolute Gasteiger partial charge is 0.307 e. The Morgan fingerprint density at radius 1 is 1.02 bits per heavy atom. The first-order chi connectivity index (χ1) is 20.0. The summed E-state index contributed by atoms with van der Waals surface area (Å²) < 4.78 is 23.5. The average molecular weight is 557 g/mol. The molecule has 6 rings (SSSR count). The molecule has 2 atom stereocenters. The van der Waals surface area contributed by atoms with Gasteiger partial charge in [-0.25, -0.2) is 9.37 Å². The lowest BCUT2D eigenvalue weighted by Gasteiger charge is -2.30. The number of aryl methyl sites for hydroxylation is 1. The minimum absolute atomic E-state index is 0.233. The van der Waals surface area contributed by atoms with E-state index in [0.717, 1.165) is 73.2 Å². The lowest BCUT2D eigenvalue weighted by atomic mass is 9.78. The number of ether oxygens (including phenoxy) is 1. The van der Waals surface area contributed by atoms with Crippen molar-refractivity contribution in [2.45, 2.75) is 70.9 Å². The van der Waals surface area contributed by atoms with Gasteiger partial charge in [0.1, 0.15) is 24.0 Å². The molecule has 4 aromatic rings. The normalized spacial score (nSPS) is 19.4. The van der Waals surface area contributed by atoms with Crippen LogP contribution in [0.4, 0.5) is 10.1 Å². The van der Waals surface area contributed by atoms with Crippen LogP contribution in [0.5, 0.6) is 5.75 Å². The van der Waals surface area contributed by atoms with Crippen molar-refractivity contribution in [3.05, 3.63) is 83.2 Å². The molecule has 0 bridgehead atoms. The number of benzene rings is 2. The van der Waals surface area contributed by atoms with Crippen molar-refractivity contribution < 1.29 is 19.0 Å². The maximum Gasteiger partial charge on any atom is 0.307 e. The molecule has 214 valence electrons. The van der Waals surface area contributed by atoms with Gasteiger partial charge in [0.25, 0.3) is 0 Å². The lowest BCUT2D eigenvalue weighted by molar-refractivity contribution is -0.143. The van der Waals surface area contributed by atoms with Crippen molar-refractivity contribution in [3.8, 4) is 5.75 Å². The Kier molecular flexibility index (Phi) is 7.90. The van der Waals surface area contributed by atoms with Crippen molar-refractivity contribution in [2.75, 3.05) is 18.0 Å². The Bertz CT molecular complexity index is 1530. The summed E-state index contributed by atoms with van der Waals surface area (Å²) in [5.74, 6) is -0.424. The Morgan fingerprint density at radius 3 is 2.63 bits per heavy atom. The van der Waals surface area contributed by atoms with Crippen LogP contribution in [0.3, 0.4) is 0 Å². The summed E-state index contributed by atoms with van der Waals surface area (Å²) in [6.07, 6.45) is 8.55. The predicted molar refractivity (Wildman–Crippen MR) is 157 cm³/mol. The fourth-order valence-corrected chi connectivity index (χ4v) is 6.34. The van der Waals surface area contributed by atoms with Crippen molar-refractivity contribution in [2.24, 2.45) is 5.92 Å². The van der Waals surface area contributed by atoms with Crippen molar-refractivity contribution in [1.29, 1.82) is 0 Å². The summed E-state index contributed by atoms with van der Waals surface area (Å²) in [7, 11) is 0. The van der Waals surface area contributed by atoms with E-state index in [1.807, 2.05) is 60.2 Å². The van der Waals surface area contributed by atoms with Crippen LogP contribution in [0, 0.1) is 18.7 Å². The van der Waals surface area contributed by atoms with E-state index in [2.05, 4.69) is 9.88 Å². The van der Waals surface area contributed by atoms with Crippen LogP contribution < -0.4 is 9.64 Å². The van der Waals surface area contributed by atoms with Crippen LogP contribution in [0.2, 0.25) is 0 Å². The third-order valence-corrected chi connectivity index (χ3v) is 8.60. The number of hydrogen-bond acceptors (Lipinski definition) is 5. The van der Waals surface area contributed by atoms with E-state index in [1.54, 1.807) is 6.07 Å². The number of nitrogens with zero attached hydrogens (tertiary/aromatic N) is 4. The second-order valence-corrected chi connectivity index (χ2v) is 11.5. The highest BCUT2D eigenvalue weighted by Crippen LogP contribution is 2.40. The number of halogens is 1. The lowest BCUT2D eigenvalue weighted by Crippen LogP contribution is -2.29. The van der Waals surface area contributed by atoms with Gasteiger partial charge in [-0.2, -0.15) is 0 Å². The number of rotatable bonds is 8. The fraction of sp³-hybridized carbons (Fsp3) is 0.424. The zero-order chi connectivity index (χ0) is 28.3. The first-order valence-corrected chi connectivity index (χ1v) is 14.8. The van der Waals surface area contributed by atoms with Gasteiger partial charge in [-0.3, -0.25) is 9.78 Å². The molecular weight excluding hydrogens is 519 g/mol. The molecule has 2 aliphatic rings. The summed E-state index contributed by atoms with van der Waals surface area (Å²) in [5, 5.41) is 10.1. The number of aromatic nitrogens is 3. The minimum atomic E-state index is -0.791. The quantitative estimate of drug-likeness (QED) is 0.256. The van der Waals surface area contributed by atoms with Crippen LogP contribution >= 0.6 is 0 Å². The fourth-order valence-electron chi connectivity index (χ4n) is 6.34. The third kappa shape index (κ3) is 5.92. The van der Waals surface area contributed by atoms with Gasteiger partial charge in [0, 0.05) is 42.5 Å². The number of carboxylic acids is 1. The highest BCUT2D eigenvalue weighted by molar-refractivity contribution is 5.79. The summed E-state index contributed by atoms with van der Waals surface area (Å²) in [6, 6.07) is 15.1. The van der Waals surface area contributed by atoms with Gasteiger partial charge in [-0.15, -0.1) is 0 Å². The van der Waals surface area contributed by atoms with Crippen LogP contribution in [-0.2, 0) is 17.9 Å². The second kappa shape index (κ2) is 11.9. The number of imidazole rings is 1. The Balaban J connectivity index is 1.38. The van der Waals surface area contributed by atoms with Crippen LogP contribution in [-0.4, -0.2) is 38.7 Å². The second-order valence-electron chi connectivity index (χ2n) is 11.5. The van der Waals surface area contributed by atoms with Gasteiger partial charge >= 0.3 is 5.97 Å². The molecule has 41 heavy (non-hydrogen) atoms. The molecule has 8 heteroatoms. The minimum Gasteiger partial charge on any atom is -0.487 e. The largest absolute Gasteiger partial charge is 0.487 e. The zero-order valence-electron chi connectivity index (χ0n) is 23.6. The molecule has 0 spiro atoms. The van der Waals surface area contributed by atoms with E-state index in [-0.39, 0.29) is 18.3 Å². The Morgan fingerprint density at radius 2 is 1.85 bits per heavy atom. The maximum atomic E-state index is 15.3. The molecule has 2 aromatic carbocycles. The maximum absolute atomic E-state index is 15.3. The van der Waals surface area contributed by atoms with Crippen molar-refractivity contribution in [3.63, 3.8) is 0 Å². The van der Waals surface area contributed by atoms with E-state index >= 15 is 4.39 Å². The topological polar surface area (TPSA) is 80.5 Å². The average Bonchev–Trinajstić information content (AvgIpc) is 3.35. The van der Waals surface area contributed by atoms with Gasteiger partial charge in [-0.05, 0) is 81.0 Å². The first-order valence-electron chi connectivity index (χ1n) is 14.8. The molecule has 0 radical (unpaired) electrons. The van der Waals surface area contributed by atoms with Crippen LogP contribution in [0.25, 0.3) is 11.0 Å². The monoisotopic (exact) mass is 556 g/mol. The van der Waals surface area contributed by atoms with Gasteiger partial charge in [0.15, 0.2) is 0 Å². The number of aliphatic carboxylic acids is 1.